The molecule has 1 aromatic heterocycles. The van der Waals surface area contributed by atoms with Gasteiger partial charge in [0.1, 0.15) is 6.04 Å². The summed E-state index contributed by atoms with van der Waals surface area (Å²) in [6.07, 6.45) is 2.44. The topological polar surface area (TPSA) is 73.5 Å². The summed E-state index contributed by atoms with van der Waals surface area (Å²) in [4.78, 5) is 26.9. The summed E-state index contributed by atoms with van der Waals surface area (Å²) in [5.41, 5.74) is 0. The predicted molar refractivity (Wildman–Crippen MR) is 81.2 cm³/mol. The first-order valence-corrected chi connectivity index (χ1v) is 8.21. The van der Waals surface area contributed by atoms with Crippen LogP contribution in [0.4, 0.5) is 4.79 Å². The third kappa shape index (κ3) is 3.36. The summed E-state index contributed by atoms with van der Waals surface area (Å²) < 4.78 is 0. The number of urea groups is 1. The zero-order valence-corrected chi connectivity index (χ0v) is 12.6. The van der Waals surface area contributed by atoms with Gasteiger partial charge in [0.05, 0.1) is 6.04 Å². The van der Waals surface area contributed by atoms with Gasteiger partial charge in [-0.1, -0.05) is 6.07 Å². The van der Waals surface area contributed by atoms with Crippen molar-refractivity contribution in [2.75, 3.05) is 26.2 Å². The Labute approximate surface area is 127 Å². The van der Waals surface area contributed by atoms with Gasteiger partial charge in [-0.2, -0.15) is 0 Å². The van der Waals surface area contributed by atoms with E-state index in [0.29, 0.717) is 13.1 Å². The van der Waals surface area contributed by atoms with Crippen molar-refractivity contribution in [1.29, 1.82) is 0 Å². The van der Waals surface area contributed by atoms with Crippen molar-refractivity contribution in [2.24, 2.45) is 0 Å². The molecular weight excluding hydrogens is 288 g/mol. The predicted octanol–water partition coefficient (Wildman–Crippen LogP) is 0.683. The van der Waals surface area contributed by atoms with Crippen molar-refractivity contribution in [3.8, 4) is 0 Å². The molecule has 3 amide bonds. The van der Waals surface area contributed by atoms with Crippen LogP contribution in [-0.4, -0.2) is 49.1 Å². The fourth-order valence-electron chi connectivity index (χ4n) is 2.88. The Balaban J connectivity index is 1.59. The second-order valence-corrected chi connectivity index (χ2v) is 6.41. The molecule has 0 unspecified atom stereocenters. The van der Waals surface area contributed by atoms with Crippen molar-refractivity contribution in [1.82, 2.24) is 20.9 Å². The highest BCUT2D eigenvalue weighted by Gasteiger charge is 2.29. The minimum Gasteiger partial charge on any atom is -0.352 e. The van der Waals surface area contributed by atoms with Gasteiger partial charge in [0.2, 0.25) is 5.91 Å². The molecular formula is C14H20N4O2S. The summed E-state index contributed by atoms with van der Waals surface area (Å²) in [7, 11) is 0. The highest BCUT2D eigenvalue weighted by atomic mass is 32.1. The molecule has 2 aliphatic rings. The maximum absolute atomic E-state index is 12.1. The number of hydrogen-bond donors (Lipinski definition) is 3. The van der Waals surface area contributed by atoms with Crippen molar-refractivity contribution in [3.63, 3.8) is 0 Å². The van der Waals surface area contributed by atoms with Crippen molar-refractivity contribution in [3.05, 3.63) is 22.4 Å². The molecule has 2 fully saturated rings. The van der Waals surface area contributed by atoms with Gasteiger partial charge in [-0.3, -0.25) is 9.69 Å². The van der Waals surface area contributed by atoms with Gasteiger partial charge in [-0.15, -0.1) is 11.3 Å². The third-order valence-electron chi connectivity index (χ3n) is 4.01. The standard InChI is InChI=1S/C14H20N4O2S/c19-13(10-8-16-14(20)17-10)15-9-11(12-4-3-7-21-12)18-5-1-2-6-18/h3-4,7,10-11H,1-2,5-6,8-9H2,(H,15,19)(H2,16,17,20)/t10-,11-/m0/s1. The molecule has 7 heteroatoms. The van der Waals surface area contributed by atoms with Gasteiger partial charge < -0.3 is 16.0 Å². The minimum absolute atomic E-state index is 0.117. The Morgan fingerprint density at radius 3 is 2.90 bits per heavy atom. The Morgan fingerprint density at radius 2 is 2.29 bits per heavy atom. The molecule has 0 bridgehead atoms. The van der Waals surface area contributed by atoms with Gasteiger partial charge in [0.25, 0.3) is 0 Å². The first-order valence-electron chi connectivity index (χ1n) is 7.33. The normalized spacial score (nSPS) is 23.6. The molecule has 2 aliphatic heterocycles. The number of carbonyl (C=O) groups excluding carboxylic acids is 2. The lowest BCUT2D eigenvalue weighted by molar-refractivity contribution is -0.122. The largest absolute Gasteiger partial charge is 0.352 e. The molecule has 6 nitrogen and oxygen atoms in total. The molecule has 1 aromatic rings. The van der Waals surface area contributed by atoms with Crippen molar-refractivity contribution in [2.45, 2.75) is 24.9 Å². The Morgan fingerprint density at radius 1 is 1.48 bits per heavy atom. The zero-order chi connectivity index (χ0) is 14.7. The van der Waals surface area contributed by atoms with Crippen molar-refractivity contribution >= 4 is 23.3 Å². The SMILES string of the molecule is O=C1NC[C@@H](C(=O)NC[C@@H](c2cccs2)N2CCCC2)N1. The van der Waals surface area contributed by atoms with Gasteiger partial charge in [0, 0.05) is 18.0 Å². The van der Waals surface area contributed by atoms with E-state index in [0.717, 1.165) is 13.1 Å². The molecule has 0 saturated carbocycles. The molecule has 0 spiro atoms. The monoisotopic (exact) mass is 308 g/mol. The van der Waals surface area contributed by atoms with Gasteiger partial charge >= 0.3 is 6.03 Å². The molecule has 114 valence electrons. The second-order valence-electron chi connectivity index (χ2n) is 5.43. The second kappa shape index (κ2) is 6.44. The van der Waals surface area contributed by atoms with E-state index in [1.807, 2.05) is 6.07 Å². The van der Waals surface area contributed by atoms with E-state index in [-0.39, 0.29) is 18.0 Å². The first-order chi connectivity index (χ1) is 10.2. The number of amides is 3. The molecule has 2 atom stereocenters. The van der Waals surface area contributed by atoms with E-state index in [2.05, 4.69) is 32.3 Å². The van der Waals surface area contributed by atoms with E-state index in [4.69, 9.17) is 0 Å². The zero-order valence-electron chi connectivity index (χ0n) is 11.8. The minimum atomic E-state index is -0.458. The van der Waals surface area contributed by atoms with Gasteiger partial charge in [0.15, 0.2) is 0 Å². The Kier molecular flexibility index (Phi) is 4.40. The van der Waals surface area contributed by atoms with Crippen LogP contribution in [0.15, 0.2) is 17.5 Å². The van der Waals surface area contributed by atoms with Crippen LogP contribution in [0.3, 0.4) is 0 Å². The van der Waals surface area contributed by atoms with Crippen molar-refractivity contribution < 1.29 is 9.59 Å². The molecule has 0 aromatic carbocycles. The van der Waals surface area contributed by atoms with Crippen LogP contribution in [0.5, 0.6) is 0 Å². The average Bonchev–Trinajstić information content (AvgIpc) is 3.21. The number of nitrogens with one attached hydrogen (secondary N) is 3. The number of carbonyl (C=O) groups is 2. The fraction of sp³-hybridized carbons (Fsp3) is 0.571. The van der Waals surface area contributed by atoms with Crippen LogP contribution in [0, 0.1) is 0 Å². The van der Waals surface area contributed by atoms with Crippen LogP contribution in [0.2, 0.25) is 0 Å². The lowest BCUT2D eigenvalue weighted by atomic mass is 10.2. The molecule has 21 heavy (non-hydrogen) atoms. The van der Waals surface area contributed by atoms with E-state index in [1.54, 1.807) is 11.3 Å². The van der Waals surface area contributed by atoms with E-state index in [1.165, 1.54) is 17.7 Å². The highest BCUT2D eigenvalue weighted by molar-refractivity contribution is 7.10. The van der Waals surface area contributed by atoms with E-state index in [9.17, 15) is 9.59 Å². The summed E-state index contributed by atoms with van der Waals surface area (Å²) in [5.74, 6) is -0.117. The number of likely N-dealkylation sites (tertiary alicyclic amines) is 1. The maximum Gasteiger partial charge on any atom is 0.315 e. The lowest BCUT2D eigenvalue weighted by Crippen LogP contribution is -2.45. The first kappa shape index (κ1) is 14.3. The molecule has 0 aliphatic carbocycles. The summed E-state index contributed by atoms with van der Waals surface area (Å²) in [6.45, 7) is 3.12. The summed E-state index contributed by atoms with van der Waals surface area (Å²) in [6, 6.07) is 3.68. The fourth-order valence-corrected chi connectivity index (χ4v) is 3.74. The van der Waals surface area contributed by atoms with Crippen LogP contribution < -0.4 is 16.0 Å². The highest BCUT2D eigenvalue weighted by Crippen LogP contribution is 2.27. The van der Waals surface area contributed by atoms with E-state index >= 15 is 0 Å². The molecule has 2 saturated heterocycles. The average molecular weight is 308 g/mol. The Bertz CT molecular complexity index is 499. The van der Waals surface area contributed by atoms with Crippen LogP contribution in [0.25, 0.3) is 0 Å². The third-order valence-corrected chi connectivity index (χ3v) is 4.98. The van der Waals surface area contributed by atoms with Crippen LogP contribution in [0.1, 0.15) is 23.8 Å². The number of nitrogens with zero attached hydrogens (tertiary/aromatic N) is 1. The molecule has 0 radical (unpaired) electrons. The number of hydrogen-bond acceptors (Lipinski definition) is 4. The quantitative estimate of drug-likeness (QED) is 0.749. The number of thiophene rings is 1. The van der Waals surface area contributed by atoms with Crippen LogP contribution in [-0.2, 0) is 4.79 Å². The smallest absolute Gasteiger partial charge is 0.315 e. The van der Waals surface area contributed by atoms with E-state index < -0.39 is 6.04 Å². The lowest BCUT2D eigenvalue weighted by Gasteiger charge is -2.27. The molecule has 3 heterocycles. The Hall–Kier alpha value is -1.60. The molecule has 3 N–H and O–H groups in total. The van der Waals surface area contributed by atoms with Crippen LogP contribution >= 0.6 is 11.3 Å². The summed E-state index contributed by atoms with van der Waals surface area (Å²) in [5, 5.41) is 10.3. The van der Waals surface area contributed by atoms with Gasteiger partial charge in [-0.25, -0.2) is 4.79 Å². The number of rotatable bonds is 5. The summed E-state index contributed by atoms with van der Waals surface area (Å²) >= 11 is 1.73. The molecule has 3 rings (SSSR count). The van der Waals surface area contributed by atoms with Gasteiger partial charge in [-0.05, 0) is 37.4 Å². The maximum atomic E-state index is 12.1.